The minimum absolute atomic E-state index is 0.0995. The quantitative estimate of drug-likeness (QED) is 0.129. The third-order valence-electron chi connectivity index (χ3n) is 10.1. The van der Waals surface area contributed by atoms with Crippen LogP contribution in [0.3, 0.4) is 0 Å². The fraction of sp³-hybridized carbons (Fsp3) is 0.537. The lowest BCUT2D eigenvalue weighted by Gasteiger charge is -2.36. The van der Waals surface area contributed by atoms with Crippen LogP contribution in [0, 0.1) is 17.8 Å². The highest BCUT2D eigenvalue weighted by molar-refractivity contribution is 6.01. The van der Waals surface area contributed by atoms with E-state index in [-0.39, 0.29) is 47.6 Å². The van der Waals surface area contributed by atoms with E-state index in [0.717, 1.165) is 5.56 Å². The van der Waals surface area contributed by atoms with Gasteiger partial charge in [-0.2, -0.15) is 0 Å². The number of esters is 2. The summed E-state index contributed by atoms with van der Waals surface area (Å²) >= 11 is 0. The van der Waals surface area contributed by atoms with E-state index in [9.17, 15) is 28.4 Å². The predicted molar refractivity (Wildman–Crippen MR) is 201 cm³/mol. The molecular formula is C41H53FN4O8. The van der Waals surface area contributed by atoms with Gasteiger partial charge in [0.05, 0.1) is 6.04 Å². The largest absolute Gasteiger partial charge is 0.444 e. The van der Waals surface area contributed by atoms with Crippen LogP contribution in [0.4, 0.5) is 14.9 Å². The molecule has 292 valence electrons. The Morgan fingerprint density at radius 2 is 1.65 bits per heavy atom. The molecule has 3 aromatic rings. The van der Waals surface area contributed by atoms with Crippen LogP contribution in [0.15, 0.2) is 54.6 Å². The average molecular weight is 749 g/mol. The van der Waals surface area contributed by atoms with Gasteiger partial charge in [-0.3, -0.25) is 14.4 Å². The Labute approximate surface area is 315 Å². The number of carbonyl (C=O) groups is 5. The number of alkyl halides is 1. The molecule has 0 radical (unpaired) electrons. The van der Waals surface area contributed by atoms with E-state index in [4.69, 9.17) is 14.2 Å². The number of likely N-dealkylation sites (tertiary alicyclic amines) is 1. The van der Waals surface area contributed by atoms with Crippen molar-refractivity contribution in [1.82, 2.24) is 15.2 Å². The third-order valence-corrected chi connectivity index (χ3v) is 10.1. The molecule has 13 heteroatoms. The van der Waals surface area contributed by atoms with Gasteiger partial charge in [0.1, 0.15) is 24.0 Å². The molecule has 3 N–H and O–H groups in total. The second-order valence-electron chi connectivity index (χ2n) is 15.6. The van der Waals surface area contributed by atoms with Gasteiger partial charge in [0.15, 0.2) is 0 Å². The molecule has 1 aromatic heterocycles. The Kier molecular flexibility index (Phi) is 13.0. The van der Waals surface area contributed by atoms with Gasteiger partial charge in [0.25, 0.3) is 0 Å². The number of amides is 3. The van der Waals surface area contributed by atoms with E-state index < -0.39 is 48.7 Å². The molecule has 2 aromatic carbocycles. The third kappa shape index (κ3) is 9.97. The number of alkyl carbamates (subject to hydrolysis) is 1. The highest BCUT2D eigenvalue weighted by Gasteiger charge is 2.45. The summed E-state index contributed by atoms with van der Waals surface area (Å²) in [6.45, 7) is 10.2. The van der Waals surface area contributed by atoms with Crippen LogP contribution in [0.2, 0.25) is 0 Å². The number of halogens is 1. The summed E-state index contributed by atoms with van der Waals surface area (Å²) < 4.78 is 30.2. The van der Waals surface area contributed by atoms with E-state index in [0.29, 0.717) is 55.2 Å². The van der Waals surface area contributed by atoms with Crippen molar-refractivity contribution < 1.29 is 42.6 Å². The van der Waals surface area contributed by atoms with Gasteiger partial charge in [-0.25, -0.2) is 14.0 Å². The lowest BCUT2D eigenvalue weighted by molar-refractivity contribution is -0.175. The zero-order valence-electron chi connectivity index (χ0n) is 32.0. The zero-order valence-corrected chi connectivity index (χ0v) is 32.0. The number of fused-ring (bicyclic) bond motifs is 1. The van der Waals surface area contributed by atoms with Crippen LogP contribution in [0.25, 0.3) is 10.9 Å². The van der Waals surface area contributed by atoms with Crippen LogP contribution in [-0.4, -0.2) is 76.9 Å². The number of nitrogens with zero attached hydrogens (tertiary/aromatic N) is 1. The van der Waals surface area contributed by atoms with Crippen LogP contribution in [0.1, 0.15) is 102 Å². The first kappa shape index (κ1) is 40.2. The van der Waals surface area contributed by atoms with Crippen molar-refractivity contribution >= 4 is 46.4 Å². The van der Waals surface area contributed by atoms with Crippen molar-refractivity contribution in [2.75, 3.05) is 18.5 Å². The Balaban J connectivity index is 1.28. The molecular weight excluding hydrogens is 695 g/mol. The minimum atomic E-state index is -1.04. The molecule has 0 spiro atoms. The van der Waals surface area contributed by atoms with Crippen molar-refractivity contribution in [3.8, 4) is 0 Å². The summed E-state index contributed by atoms with van der Waals surface area (Å²) in [6.07, 6.45) is 1.22. The van der Waals surface area contributed by atoms with Gasteiger partial charge in [0, 0.05) is 47.3 Å². The topological polar surface area (TPSA) is 156 Å². The van der Waals surface area contributed by atoms with Crippen molar-refractivity contribution in [2.24, 2.45) is 17.8 Å². The lowest BCUT2D eigenvalue weighted by atomic mass is 9.78. The highest BCUT2D eigenvalue weighted by Crippen LogP contribution is 2.39. The predicted octanol–water partition coefficient (Wildman–Crippen LogP) is 7.25. The maximum absolute atomic E-state index is 14.2. The summed E-state index contributed by atoms with van der Waals surface area (Å²) in [6, 6.07) is 15.0. The monoisotopic (exact) mass is 748 g/mol. The Hall–Kier alpha value is -4.94. The van der Waals surface area contributed by atoms with Crippen LogP contribution >= 0.6 is 0 Å². The number of aromatic amines is 1. The minimum Gasteiger partial charge on any atom is -0.444 e. The first-order chi connectivity index (χ1) is 25.7. The second kappa shape index (κ2) is 17.5. The summed E-state index contributed by atoms with van der Waals surface area (Å²) in [4.78, 5) is 70.3. The molecule has 4 atom stereocenters. The number of aromatic nitrogens is 1. The van der Waals surface area contributed by atoms with Crippen molar-refractivity contribution in [3.05, 3.63) is 65.9 Å². The molecule has 1 aliphatic carbocycles. The highest BCUT2D eigenvalue weighted by atomic mass is 19.1. The molecule has 1 aliphatic heterocycles. The van der Waals surface area contributed by atoms with Crippen molar-refractivity contribution in [1.29, 1.82) is 0 Å². The molecule has 3 amide bonds. The lowest BCUT2D eigenvalue weighted by Crippen LogP contribution is -2.49. The summed E-state index contributed by atoms with van der Waals surface area (Å²) in [5, 5.41) is 6.35. The Bertz CT molecular complexity index is 1800. The molecule has 5 rings (SSSR count). The number of H-pyrrole nitrogens is 1. The fourth-order valence-electron chi connectivity index (χ4n) is 7.37. The molecule has 2 aliphatic rings. The fourth-order valence-corrected chi connectivity index (χ4v) is 7.37. The summed E-state index contributed by atoms with van der Waals surface area (Å²) in [5.41, 5.74) is 1.55. The standard InChI is InChI=1S/C41H53FN4O8/c1-7-34(47)52-39(24(2)3)53-38(50)32-22-28-21-29(17-18-31(28)44-32)43-36(48)35-30(25-11-9-8-10-12-25)19-20-46(35)37(49)27-15-13-26(14-16-27)33(23-42)45-40(51)54-41(4,5)6/h8-12,17-18,21-22,24,26-27,30,33,35,39,44H,7,13-16,19-20,23H2,1-6H3,(H,43,48)(H,45,51)/t26?,27?,30-,33-,35-,39?/m1/s1. The van der Waals surface area contributed by atoms with E-state index in [1.807, 2.05) is 30.3 Å². The number of hydrogen-bond acceptors (Lipinski definition) is 8. The van der Waals surface area contributed by atoms with E-state index in [2.05, 4.69) is 15.6 Å². The molecule has 12 nitrogen and oxygen atoms in total. The molecule has 1 unspecified atom stereocenters. The van der Waals surface area contributed by atoms with E-state index >= 15 is 0 Å². The number of anilines is 1. The van der Waals surface area contributed by atoms with Gasteiger partial charge in [-0.15, -0.1) is 0 Å². The van der Waals surface area contributed by atoms with Crippen LogP contribution in [-0.2, 0) is 28.6 Å². The van der Waals surface area contributed by atoms with E-state index in [1.165, 1.54) is 0 Å². The normalized spacial score (nSPS) is 21.3. The first-order valence-corrected chi connectivity index (χ1v) is 18.9. The van der Waals surface area contributed by atoms with Gasteiger partial charge < -0.3 is 34.7 Å². The molecule has 54 heavy (non-hydrogen) atoms. The molecule has 2 fully saturated rings. The molecule has 1 saturated heterocycles. The van der Waals surface area contributed by atoms with Gasteiger partial charge in [-0.05, 0) is 88.6 Å². The molecule has 0 bridgehead atoms. The summed E-state index contributed by atoms with van der Waals surface area (Å²) in [5.74, 6) is -2.53. The molecule has 2 heterocycles. The second-order valence-corrected chi connectivity index (χ2v) is 15.6. The van der Waals surface area contributed by atoms with Crippen LogP contribution < -0.4 is 10.6 Å². The SMILES string of the molecule is CCC(=O)OC(OC(=O)c1cc2cc(NC(=O)[C@H]3[C@@H](c4ccccc4)CCN3C(=O)C3CCC([C@@H](CF)NC(=O)OC(C)(C)C)CC3)ccc2[nH]1)C(C)C. The summed E-state index contributed by atoms with van der Waals surface area (Å²) in [7, 11) is 0. The smallest absolute Gasteiger partial charge is 0.407 e. The first-order valence-electron chi connectivity index (χ1n) is 18.9. The number of rotatable bonds is 12. The Morgan fingerprint density at radius 1 is 0.944 bits per heavy atom. The number of ether oxygens (including phenoxy) is 3. The van der Waals surface area contributed by atoms with Gasteiger partial charge >= 0.3 is 18.0 Å². The van der Waals surface area contributed by atoms with Crippen molar-refractivity contribution in [2.45, 2.75) is 110 Å². The van der Waals surface area contributed by atoms with Crippen molar-refractivity contribution in [3.63, 3.8) is 0 Å². The van der Waals surface area contributed by atoms with E-state index in [1.54, 1.807) is 70.7 Å². The number of carbonyl (C=O) groups excluding carboxylic acids is 5. The maximum atomic E-state index is 14.2. The molecule has 1 saturated carbocycles. The number of benzene rings is 2. The maximum Gasteiger partial charge on any atom is 0.407 e. The van der Waals surface area contributed by atoms with Gasteiger partial charge in [0.2, 0.25) is 18.1 Å². The van der Waals surface area contributed by atoms with Crippen LogP contribution in [0.5, 0.6) is 0 Å². The van der Waals surface area contributed by atoms with Gasteiger partial charge in [-0.1, -0.05) is 51.1 Å². The average Bonchev–Trinajstić information content (AvgIpc) is 3.78. The number of nitrogens with one attached hydrogen (secondary N) is 3. The zero-order chi connectivity index (χ0) is 39.2. The Morgan fingerprint density at radius 3 is 2.28 bits per heavy atom. The number of hydrogen-bond donors (Lipinski definition) is 3.